The lowest BCUT2D eigenvalue weighted by molar-refractivity contribution is -0.910. The summed E-state index contributed by atoms with van der Waals surface area (Å²) in [7, 11) is 0. The minimum atomic E-state index is -0.0572. The number of quaternary nitrogens is 1. The van der Waals surface area contributed by atoms with Crippen molar-refractivity contribution in [3.05, 3.63) is 35.6 Å². The summed E-state index contributed by atoms with van der Waals surface area (Å²) < 4.78 is 13.3. The van der Waals surface area contributed by atoms with Crippen molar-refractivity contribution in [1.82, 2.24) is 0 Å². The largest absolute Gasteiger partial charge is 0.330 e. The molecular weight excluding hydrogens is 197 g/mol. The predicted molar refractivity (Wildman–Crippen MR) is 58.1 cm³/mol. The maximum atomic E-state index is 13.3. The van der Waals surface area contributed by atoms with Gasteiger partial charge in [-0.15, -0.1) is 0 Å². The molecule has 0 spiro atoms. The van der Waals surface area contributed by atoms with Crippen molar-refractivity contribution in [2.24, 2.45) is 0 Å². The highest BCUT2D eigenvalue weighted by Crippen LogP contribution is 2.05. The third-order valence-corrected chi connectivity index (χ3v) is 3.58. The highest BCUT2D eigenvalue weighted by Gasteiger charge is 2.15. The Labute approximate surface area is 88.3 Å². The van der Waals surface area contributed by atoms with E-state index >= 15 is 0 Å². The van der Waals surface area contributed by atoms with Crippen LogP contribution in [0.2, 0.25) is 0 Å². The second-order valence-corrected chi connectivity index (χ2v) is 4.86. The molecule has 0 atom stereocenters. The van der Waals surface area contributed by atoms with Gasteiger partial charge in [-0.1, -0.05) is 18.2 Å². The van der Waals surface area contributed by atoms with E-state index in [0.717, 1.165) is 12.1 Å². The summed E-state index contributed by atoms with van der Waals surface area (Å²) >= 11 is 2.00. The minimum Gasteiger partial charge on any atom is -0.330 e. The number of nitrogens with one attached hydrogen (secondary N) is 1. The number of rotatable bonds is 2. The van der Waals surface area contributed by atoms with Crippen molar-refractivity contribution in [2.75, 3.05) is 24.6 Å². The minimum absolute atomic E-state index is 0.0572. The van der Waals surface area contributed by atoms with Gasteiger partial charge in [-0.3, -0.25) is 0 Å². The Bertz CT molecular complexity index is 297. The first-order valence-corrected chi connectivity index (χ1v) is 6.16. The molecule has 1 fully saturated rings. The smallest absolute Gasteiger partial charge is 0.132 e. The van der Waals surface area contributed by atoms with Crippen LogP contribution in [0.1, 0.15) is 5.56 Å². The first kappa shape index (κ1) is 9.99. The van der Waals surface area contributed by atoms with Crippen molar-refractivity contribution >= 4 is 11.8 Å². The maximum Gasteiger partial charge on any atom is 0.132 e. The molecular formula is C11H15FNS+. The van der Waals surface area contributed by atoms with E-state index in [1.807, 2.05) is 23.9 Å². The van der Waals surface area contributed by atoms with Gasteiger partial charge in [0.15, 0.2) is 0 Å². The summed E-state index contributed by atoms with van der Waals surface area (Å²) in [6.45, 7) is 3.17. The Morgan fingerprint density at radius 2 is 1.93 bits per heavy atom. The molecule has 1 N–H and O–H groups in total. The number of benzene rings is 1. The molecule has 3 heteroatoms. The zero-order chi connectivity index (χ0) is 9.80. The van der Waals surface area contributed by atoms with Crippen LogP contribution < -0.4 is 4.90 Å². The second kappa shape index (κ2) is 4.80. The van der Waals surface area contributed by atoms with Crippen molar-refractivity contribution in [1.29, 1.82) is 0 Å². The summed E-state index contributed by atoms with van der Waals surface area (Å²) in [6.07, 6.45) is 0. The van der Waals surface area contributed by atoms with E-state index in [-0.39, 0.29) is 5.82 Å². The number of halogens is 1. The fraction of sp³-hybridized carbons (Fsp3) is 0.455. The van der Waals surface area contributed by atoms with Gasteiger partial charge in [0.2, 0.25) is 0 Å². The van der Waals surface area contributed by atoms with Gasteiger partial charge in [-0.25, -0.2) is 4.39 Å². The monoisotopic (exact) mass is 212 g/mol. The molecule has 14 heavy (non-hydrogen) atoms. The summed E-state index contributed by atoms with van der Waals surface area (Å²) in [5.74, 6) is 2.37. The lowest BCUT2D eigenvalue weighted by atomic mass is 10.2. The second-order valence-electron chi connectivity index (χ2n) is 3.63. The van der Waals surface area contributed by atoms with Gasteiger partial charge in [0, 0.05) is 17.1 Å². The molecule has 76 valence electrons. The van der Waals surface area contributed by atoms with Gasteiger partial charge >= 0.3 is 0 Å². The van der Waals surface area contributed by atoms with E-state index in [4.69, 9.17) is 0 Å². The molecule has 1 nitrogen and oxygen atoms in total. The van der Waals surface area contributed by atoms with Crippen LogP contribution in [0.3, 0.4) is 0 Å². The van der Waals surface area contributed by atoms with Crippen LogP contribution in [0.4, 0.5) is 4.39 Å². The van der Waals surface area contributed by atoms with Crippen molar-refractivity contribution in [3.8, 4) is 0 Å². The van der Waals surface area contributed by atoms with E-state index in [2.05, 4.69) is 0 Å². The van der Waals surface area contributed by atoms with Crippen LogP contribution in [-0.4, -0.2) is 24.6 Å². The van der Waals surface area contributed by atoms with Gasteiger partial charge in [0.1, 0.15) is 12.4 Å². The van der Waals surface area contributed by atoms with E-state index < -0.39 is 0 Å². The average Bonchev–Trinajstić information content (AvgIpc) is 2.23. The van der Waals surface area contributed by atoms with Crippen molar-refractivity contribution < 1.29 is 9.29 Å². The molecule has 0 saturated carbocycles. The summed E-state index contributed by atoms with van der Waals surface area (Å²) in [6, 6.07) is 7.11. The molecule has 0 aliphatic carbocycles. The van der Waals surface area contributed by atoms with Gasteiger partial charge in [0.05, 0.1) is 13.1 Å². The Balaban J connectivity index is 1.99. The Morgan fingerprint density at radius 3 is 2.64 bits per heavy atom. The van der Waals surface area contributed by atoms with E-state index in [1.54, 1.807) is 12.1 Å². The predicted octanol–water partition coefficient (Wildman–Crippen LogP) is 0.957. The topological polar surface area (TPSA) is 4.44 Å². The first-order chi connectivity index (χ1) is 6.86. The molecule has 1 aliphatic heterocycles. The van der Waals surface area contributed by atoms with Gasteiger partial charge in [-0.05, 0) is 6.07 Å². The summed E-state index contributed by atoms with van der Waals surface area (Å²) in [5.41, 5.74) is 0.856. The first-order valence-electron chi connectivity index (χ1n) is 5.01. The summed E-state index contributed by atoms with van der Waals surface area (Å²) in [5, 5.41) is 0. The lowest BCUT2D eigenvalue weighted by Crippen LogP contribution is -3.12. The van der Waals surface area contributed by atoms with Crippen LogP contribution in [0.25, 0.3) is 0 Å². The van der Waals surface area contributed by atoms with E-state index in [0.29, 0.717) is 0 Å². The van der Waals surface area contributed by atoms with E-state index in [9.17, 15) is 4.39 Å². The Kier molecular flexibility index (Phi) is 3.43. The van der Waals surface area contributed by atoms with Gasteiger partial charge in [0.25, 0.3) is 0 Å². The van der Waals surface area contributed by atoms with E-state index in [1.165, 1.54) is 29.5 Å². The quantitative estimate of drug-likeness (QED) is 0.765. The third kappa shape index (κ3) is 2.49. The number of thioether (sulfide) groups is 1. The SMILES string of the molecule is Fc1ccccc1C[NH+]1CCSCC1. The normalized spacial score (nSPS) is 18.4. The molecule has 1 aromatic carbocycles. The molecule has 0 bridgehead atoms. The highest BCUT2D eigenvalue weighted by atomic mass is 32.2. The van der Waals surface area contributed by atoms with Crippen LogP contribution in [0, 0.1) is 5.82 Å². The Morgan fingerprint density at radius 1 is 1.21 bits per heavy atom. The maximum absolute atomic E-state index is 13.3. The molecule has 0 aromatic heterocycles. The molecule has 0 unspecified atom stereocenters. The molecule has 1 heterocycles. The van der Waals surface area contributed by atoms with Crippen LogP contribution >= 0.6 is 11.8 Å². The fourth-order valence-corrected chi connectivity index (χ4v) is 2.82. The van der Waals surface area contributed by atoms with Crippen LogP contribution in [-0.2, 0) is 6.54 Å². The van der Waals surface area contributed by atoms with Crippen LogP contribution in [0.15, 0.2) is 24.3 Å². The number of hydrogen-bond acceptors (Lipinski definition) is 1. The zero-order valence-electron chi connectivity index (χ0n) is 8.13. The van der Waals surface area contributed by atoms with Crippen molar-refractivity contribution in [2.45, 2.75) is 6.54 Å². The fourth-order valence-electron chi connectivity index (χ4n) is 1.75. The molecule has 1 aromatic rings. The summed E-state index contributed by atoms with van der Waals surface area (Å²) in [4.78, 5) is 1.51. The lowest BCUT2D eigenvalue weighted by Gasteiger charge is -2.23. The van der Waals surface area contributed by atoms with Crippen molar-refractivity contribution in [3.63, 3.8) is 0 Å². The zero-order valence-corrected chi connectivity index (χ0v) is 8.95. The third-order valence-electron chi connectivity index (χ3n) is 2.60. The van der Waals surface area contributed by atoms with Crippen LogP contribution in [0.5, 0.6) is 0 Å². The molecule has 1 aliphatic rings. The van der Waals surface area contributed by atoms with Gasteiger partial charge < -0.3 is 4.90 Å². The molecule has 0 amide bonds. The Hall–Kier alpha value is -0.540. The highest BCUT2D eigenvalue weighted by molar-refractivity contribution is 7.99. The van der Waals surface area contributed by atoms with Gasteiger partial charge in [-0.2, -0.15) is 11.8 Å². The standard InChI is InChI=1S/C11H14FNS/c12-11-4-2-1-3-10(11)9-13-5-7-14-8-6-13/h1-4H,5-9H2/p+1. The molecule has 1 saturated heterocycles. The molecule has 0 radical (unpaired) electrons. The number of hydrogen-bond donors (Lipinski definition) is 1. The average molecular weight is 212 g/mol. The molecule has 2 rings (SSSR count).